The molecule has 3 N–H and O–H groups in total. The Morgan fingerprint density at radius 1 is 0.722 bits per heavy atom. The number of amides is 2. The minimum Gasteiger partial charge on any atom is -1.00 e. The third kappa shape index (κ3) is 21.9. The molecule has 8 rings (SSSR count). The van der Waals surface area contributed by atoms with Gasteiger partial charge >= 0.3 is 115 Å². The average molecular weight is 1410 g/mol. The van der Waals surface area contributed by atoms with Crippen LogP contribution in [0.25, 0.3) is 11.6 Å². The van der Waals surface area contributed by atoms with E-state index < -0.39 is 73.8 Å². The van der Waals surface area contributed by atoms with E-state index in [1.165, 1.54) is 114 Å². The second-order valence-corrected chi connectivity index (χ2v) is 27.1. The van der Waals surface area contributed by atoms with Crippen LogP contribution in [-0.2, 0) is 43.8 Å². The first-order chi connectivity index (χ1) is 39.9. The molecule has 90 heavy (non-hydrogen) atoms. The van der Waals surface area contributed by atoms with E-state index in [0.717, 1.165) is 40.0 Å². The van der Waals surface area contributed by atoms with Gasteiger partial charge in [0, 0.05) is 68.6 Å². The number of aryl methyl sites for hydroxylation is 4. The minimum absolute atomic E-state index is 0. The summed E-state index contributed by atoms with van der Waals surface area (Å²) in [6.07, 6.45) is -1.35. The fourth-order valence-corrected chi connectivity index (χ4v) is 11.5. The Bertz CT molecular complexity index is 3670. The summed E-state index contributed by atoms with van der Waals surface area (Å²) in [5, 5.41) is 27.7. The van der Waals surface area contributed by atoms with Gasteiger partial charge in [0.05, 0.1) is 33.3 Å². The number of nitrogens with one attached hydrogen (secondary N) is 3. The second kappa shape index (κ2) is 32.6. The largest absolute Gasteiger partial charge is 1.00 e. The number of ether oxygens (including phenoxy) is 2. The van der Waals surface area contributed by atoms with Crippen molar-refractivity contribution < 1.29 is 181 Å². The number of nitrogens with zero attached hydrogens (tertiary/aromatic N) is 11. The maximum Gasteiger partial charge on any atom is 1.00 e. The molecular weight excluding hydrogens is 1340 g/mol. The number of halogens is 8. The number of alkyl halides is 6. The number of anilines is 1. The van der Waals surface area contributed by atoms with Crippen molar-refractivity contribution in [3.63, 3.8) is 0 Å². The Balaban J connectivity index is 0.000000747. The summed E-state index contributed by atoms with van der Waals surface area (Å²) in [7, 11) is -5.32. The van der Waals surface area contributed by atoms with Gasteiger partial charge in [-0.05, 0) is 125 Å². The summed E-state index contributed by atoms with van der Waals surface area (Å²) in [6.45, 7) is 20.3. The second-order valence-electron chi connectivity index (χ2n) is 23.5. The van der Waals surface area contributed by atoms with Crippen molar-refractivity contribution in [2.75, 3.05) is 31.2 Å². The molecule has 2 aliphatic rings. The molecule has 0 saturated carbocycles. The zero-order valence-electron chi connectivity index (χ0n) is 53.5. The third-order valence-electron chi connectivity index (χ3n) is 13.6. The number of carbonyl (C=O) groups excluding carboxylic acids is 3. The van der Waals surface area contributed by atoms with Crippen LogP contribution >= 0.6 is 24.0 Å². The Hall–Kier alpha value is -3.80. The van der Waals surface area contributed by atoms with Gasteiger partial charge in [-0.15, -0.1) is 22.6 Å². The number of aromatic nitrogens is 10. The number of pyridine rings is 2. The summed E-state index contributed by atoms with van der Waals surface area (Å²) in [4.78, 5) is 47.5. The van der Waals surface area contributed by atoms with Crippen molar-refractivity contribution in [2.24, 2.45) is 36.8 Å². The van der Waals surface area contributed by atoms with Gasteiger partial charge in [-0.2, -0.15) is 36.5 Å². The molecule has 0 bridgehead atoms. The van der Waals surface area contributed by atoms with Crippen LogP contribution in [0.3, 0.4) is 0 Å². The summed E-state index contributed by atoms with van der Waals surface area (Å²) in [5.41, 5.74) is -3.88. The van der Waals surface area contributed by atoms with Crippen LogP contribution in [0.5, 0.6) is 11.8 Å². The number of hydrogen-bond donors (Lipinski definition) is 3. The monoisotopic (exact) mass is 1410 g/mol. The molecule has 6 aromatic rings. The van der Waals surface area contributed by atoms with Gasteiger partial charge in [0.1, 0.15) is 34.0 Å². The molecule has 2 saturated heterocycles. The molecule has 2 atom stereocenters. The molecule has 0 aromatic carbocycles. The zero-order valence-corrected chi connectivity index (χ0v) is 62.0. The average Bonchev–Trinajstić information content (AvgIpc) is 1.53. The van der Waals surface area contributed by atoms with Crippen molar-refractivity contribution in [1.82, 2.24) is 63.9 Å². The van der Waals surface area contributed by atoms with Crippen molar-refractivity contribution in [3.05, 3.63) is 88.9 Å². The summed E-state index contributed by atoms with van der Waals surface area (Å²) in [6, 6.07) is 8.25. The molecule has 25 nitrogen and oxygen atoms in total. The van der Waals surface area contributed by atoms with E-state index in [9.17, 15) is 52.8 Å². The molecule has 0 unspecified atom stereocenters. The smallest absolute Gasteiger partial charge is 1.00 e. The molecule has 2 aliphatic heterocycles. The molecule has 2 amide bonds. The van der Waals surface area contributed by atoms with E-state index in [0.29, 0.717) is 12.1 Å². The number of rotatable bonds is 16. The SMILES string of the molecule is C[C@@H]1CNC(C)(C)C1.Cc1nn(C)cc1S(=O)(=O)NC(=O)c1ccc(-n2ccc(OCC(C)(C)C(F)(F)F)n2)nc1Cl.Cc1nn(C)cc1S(=O)(=O)NC(=O)c1ccc(-n2ccc(OCC(C)(C)C(F)(F)F)n2)nc1N1C[C@@H](C)CC1(C)C.Cl.O=CO[O-].[H-].[K+].[K+]. The van der Waals surface area contributed by atoms with Gasteiger partial charge < -0.3 is 31.3 Å². The van der Waals surface area contributed by atoms with Gasteiger partial charge in [0.2, 0.25) is 11.8 Å². The van der Waals surface area contributed by atoms with Crippen LogP contribution in [0.15, 0.2) is 71.0 Å². The Kier molecular flexibility index (Phi) is 29.8. The summed E-state index contributed by atoms with van der Waals surface area (Å²) in [5.74, 6) is -0.179. The maximum atomic E-state index is 13.4. The van der Waals surface area contributed by atoms with E-state index >= 15 is 0 Å². The van der Waals surface area contributed by atoms with Crippen LogP contribution in [0, 0.1) is 36.5 Å². The molecule has 0 spiro atoms. The summed E-state index contributed by atoms with van der Waals surface area (Å²) >= 11 is 6.08. The van der Waals surface area contributed by atoms with Crippen molar-refractivity contribution >= 4 is 68.2 Å². The van der Waals surface area contributed by atoms with Crippen LogP contribution < -0.4 is 137 Å². The van der Waals surface area contributed by atoms with Crippen LogP contribution in [-0.4, -0.2) is 134 Å². The van der Waals surface area contributed by atoms with Crippen LogP contribution in [0.4, 0.5) is 32.2 Å². The van der Waals surface area contributed by atoms with Gasteiger partial charge in [0.15, 0.2) is 11.6 Å². The normalized spacial score (nSPS) is 16.2. The van der Waals surface area contributed by atoms with Crippen molar-refractivity contribution in [2.45, 2.75) is 129 Å². The topological polar surface area (TPSA) is 307 Å². The third-order valence-corrected chi connectivity index (χ3v) is 16.8. The van der Waals surface area contributed by atoms with Crippen LogP contribution in [0.1, 0.15) is 116 Å². The predicted octanol–water partition coefficient (Wildman–Crippen LogP) is 1.44. The maximum absolute atomic E-state index is 13.4. The first-order valence-electron chi connectivity index (χ1n) is 26.5. The van der Waals surface area contributed by atoms with E-state index in [1.807, 2.05) is 23.5 Å². The first kappa shape index (κ1) is 82.3. The van der Waals surface area contributed by atoms with Gasteiger partial charge in [-0.3, -0.25) is 23.7 Å². The van der Waals surface area contributed by atoms with E-state index in [2.05, 4.69) is 73.0 Å². The molecule has 2 fully saturated rings. The van der Waals surface area contributed by atoms with E-state index in [1.54, 1.807) is 7.05 Å². The van der Waals surface area contributed by atoms with Crippen molar-refractivity contribution in [3.8, 4) is 23.4 Å². The van der Waals surface area contributed by atoms with Gasteiger partial charge in [-0.25, -0.2) is 45.6 Å². The standard InChI is InChI=1S/C26H34F3N7O4S.C19H20ClF3N6O4S.C7H15N.CH2O3.ClH.2K.H/c1-16-12-25(5,6)35(13-16)22-18(23(37)33-41(38,39)19-14-34(7)31-17(19)2)8-9-20(30-22)36-11-10-21(32-36)40-15-24(3,4)26(27,28)29;1-11-13(9-28(4)25-11)34(31,32)27-17(30)12-5-6-14(24-16(12)20)29-8-7-15(26-29)33-10-18(2,3)19(21,22)23;1-6-4-7(2,3)8-5-6;2-1-4-3;;;;/h8-11,14,16H,12-13,15H2,1-7H3,(H,33,37);5-9H,10H2,1-4H3,(H,27,30);6,8H,4-5H2,1-3H3;1,3H;1H;;;/q;;;;;2*+1;-1/p-1/t16-;;6-;;;;;/m0.0...../s1. The van der Waals surface area contributed by atoms with Gasteiger partial charge in [0.25, 0.3) is 38.3 Å². The van der Waals surface area contributed by atoms with E-state index in [4.69, 9.17) is 31.1 Å². The molecule has 490 valence electrons. The molecular formula is C53H72Cl2F6K2N14O11S2. The van der Waals surface area contributed by atoms with Crippen molar-refractivity contribution in [1.29, 1.82) is 0 Å². The zero-order chi connectivity index (χ0) is 65.6. The number of sulfonamides is 2. The molecule has 37 heteroatoms. The van der Waals surface area contributed by atoms with Gasteiger partial charge in [-0.1, -0.05) is 25.4 Å². The Morgan fingerprint density at radius 2 is 1.13 bits per heavy atom. The quantitative estimate of drug-likeness (QED) is 0.0308. The van der Waals surface area contributed by atoms with E-state index in [-0.39, 0.29) is 196 Å². The number of hydrogen-bond acceptors (Lipinski definition) is 19. The minimum atomic E-state index is -4.45. The predicted molar refractivity (Wildman–Crippen MR) is 310 cm³/mol. The summed E-state index contributed by atoms with van der Waals surface area (Å²) < 4.78 is 149. The first-order valence-corrected chi connectivity index (χ1v) is 29.9. The fourth-order valence-electron chi connectivity index (χ4n) is 8.94. The number of carbonyl (C=O) groups is 3. The Labute approximate surface area is 615 Å². The Morgan fingerprint density at radius 3 is 1.46 bits per heavy atom. The molecule has 0 radical (unpaired) electrons. The van der Waals surface area contributed by atoms with Crippen LogP contribution in [0.2, 0.25) is 5.15 Å². The molecule has 8 heterocycles. The molecule has 0 aliphatic carbocycles. The molecule has 6 aromatic heterocycles. The fraction of sp³-hybridized carbons (Fsp3) is 0.528.